The number of carbonyl (C=O) groups is 1. The zero-order valence-corrected chi connectivity index (χ0v) is 12.0. The van der Waals surface area contributed by atoms with Crippen molar-refractivity contribution in [3.05, 3.63) is 34.0 Å². The predicted molar refractivity (Wildman–Crippen MR) is 72.5 cm³/mol. The second-order valence-corrected chi connectivity index (χ2v) is 4.73. The maximum Gasteiger partial charge on any atom is 0.374 e. The van der Waals surface area contributed by atoms with Crippen molar-refractivity contribution in [2.45, 2.75) is 13.3 Å². The average Bonchev–Trinajstić information content (AvgIpc) is 2.87. The summed E-state index contributed by atoms with van der Waals surface area (Å²) >= 11 is 3.48. The minimum absolute atomic E-state index is 0.190. The highest BCUT2D eigenvalue weighted by atomic mass is 79.9. The van der Waals surface area contributed by atoms with Crippen molar-refractivity contribution in [3.63, 3.8) is 0 Å². The number of aromatic nitrogens is 1. The lowest BCUT2D eigenvalue weighted by Crippen LogP contribution is -1.93. The molecule has 0 fully saturated rings. The maximum absolute atomic E-state index is 10.8. The van der Waals surface area contributed by atoms with E-state index < -0.39 is 5.97 Å². The van der Waals surface area contributed by atoms with Crippen LogP contribution in [0.5, 0.6) is 5.75 Å². The third kappa shape index (κ3) is 2.63. The Kier molecular flexibility index (Phi) is 3.90. The number of aromatic carboxylic acids is 1. The van der Waals surface area contributed by atoms with Crippen LogP contribution in [-0.2, 0) is 6.42 Å². The average molecular weight is 326 g/mol. The molecule has 1 aromatic carbocycles. The normalized spacial score (nSPS) is 10.5. The smallest absolute Gasteiger partial charge is 0.374 e. The number of methoxy groups -OCH3 is 1. The monoisotopic (exact) mass is 325 g/mol. The molecule has 6 heteroatoms. The number of hydrogen-bond donors (Lipinski definition) is 1. The highest BCUT2D eigenvalue weighted by Crippen LogP contribution is 2.33. The summed E-state index contributed by atoms with van der Waals surface area (Å²) in [6.07, 6.45) is 0.823. The zero-order valence-electron chi connectivity index (χ0n) is 10.4. The van der Waals surface area contributed by atoms with Crippen LogP contribution in [0.1, 0.15) is 23.0 Å². The van der Waals surface area contributed by atoms with Crippen LogP contribution >= 0.6 is 15.9 Å². The Bertz CT molecular complexity index is 621. The molecule has 1 N–H and O–H groups in total. The summed E-state index contributed by atoms with van der Waals surface area (Å²) in [5.41, 5.74) is 2.24. The minimum Gasteiger partial charge on any atom is -0.496 e. The SMILES string of the molecule is CCc1c(Br)cc(-c2cc(C(=O)O)on2)cc1OC. The third-order valence-corrected chi connectivity index (χ3v) is 3.45. The van der Waals surface area contributed by atoms with Crippen LogP contribution in [0.25, 0.3) is 11.3 Å². The van der Waals surface area contributed by atoms with E-state index in [-0.39, 0.29) is 5.76 Å². The van der Waals surface area contributed by atoms with Crippen LogP contribution in [0.4, 0.5) is 0 Å². The second-order valence-electron chi connectivity index (χ2n) is 3.87. The Labute approximate surface area is 118 Å². The van der Waals surface area contributed by atoms with Crippen LogP contribution in [0.3, 0.4) is 0 Å². The predicted octanol–water partition coefficient (Wildman–Crippen LogP) is 3.37. The molecule has 0 unspecified atom stereocenters. The van der Waals surface area contributed by atoms with Gasteiger partial charge in [-0.2, -0.15) is 0 Å². The molecule has 1 aromatic heterocycles. The zero-order chi connectivity index (χ0) is 14.0. The number of carboxylic acids is 1. The first-order valence-corrected chi connectivity index (χ1v) is 6.43. The first-order chi connectivity index (χ1) is 9.06. The van der Waals surface area contributed by atoms with Gasteiger partial charge in [0.25, 0.3) is 0 Å². The lowest BCUT2D eigenvalue weighted by atomic mass is 10.1. The molecule has 0 aliphatic heterocycles. The van der Waals surface area contributed by atoms with Crippen molar-refractivity contribution in [2.24, 2.45) is 0 Å². The van der Waals surface area contributed by atoms with E-state index in [1.165, 1.54) is 6.07 Å². The van der Waals surface area contributed by atoms with E-state index in [1.54, 1.807) is 7.11 Å². The first-order valence-electron chi connectivity index (χ1n) is 5.63. The van der Waals surface area contributed by atoms with Crippen LogP contribution in [0.15, 0.2) is 27.2 Å². The van der Waals surface area contributed by atoms with Crippen molar-refractivity contribution in [2.75, 3.05) is 7.11 Å². The summed E-state index contributed by atoms with van der Waals surface area (Å²) in [7, 11) is 1.59. The summed E-state index contributed by atoms with van der Waals surface area (Å²) < 4.78 is 11.0. The Hall–Kier alpha value is -1.82. The van der Waals surface area contributed by atoms with Gasteiger partial charge in [-0.3, -0.25) is 0 Å². The fourth-order valence-corrected chi connectivity index (χ4v) is 2.52. The molecule has 1 heterocycles. The molecule has 0 aliphatic rings. The van der Waals surface area contributed by atoms with Crippen LogP contribution < -0.4 is 4.74 Å². The molecule has 2 aromatic rings. The minimum atomic E-state index is -1.14. The van der Waals surface area contributed by atoms with E-state index in [4.69, 9.17) is 14.4 Å². The molecule has 0 spiro atoms. The molecule has 0 amide bonds. The van der Waals surface area contributed by atoms with Crippen molar-refractivity contribution in [1.82, 2.24) is 5.16 Å². The number of halogens is 1. The van der Waals surface area contributed by atoms with Gasteiger partial charge in [0.05, 0.1) is 7.11 Å². The molecule has 0 bridgehead atoms. The van der Waals surface area contributed by atoms with E-state index in [2.05, 4.69) is 21.1 Å². The molecule has 0 aliphatic carbocycles. The summed E-state index contributed by atoms with van der Waals surface area (Å²) in [4.78, 5) is 10.8. The van der Waals surface area contributed by atoms with E-state index >= 15 is 0 Å². The highest BCUT2D eigenvalue weighted by molar-refractivity contribution is 9.10. The van der Waals surface area contributed by atoms with Crippen molar-refractivity contribution in [3.8, 4) is 17.0 Å². The standard InChI is InChI=1S/C13H12BrNO4/c1-3-8-9(14)4-7(5-11(8)18-2)10-6-12(13(16)17)19-15-10/h4-6H,3H2,1-2H3,(H,16,17). The number of nitrogens with zero attached hydrogens (tertiary/aromatic N) is 1. The highest BCUT2D eigenvalue weighted by Gasteiger charge is 2.15. The molecule has 19 heavy (non-hydrogen) atoms. The lowest BCUT2D eigenvalue weighted by molar-refractivity contribution is 0.0652. The van der Waals surface area contributed by atoms with Gasteiger partial charge in [0, 0.05) is 21.7 Å². The van der Waals surface area contributed by atoms with Gasteiger partial charge in [-0.1, -0.05) is 28.0 Å². The Balaban J connectivity index is 2.50. The van der Waals surface area contributed by atoms with Gasteiger partial charge in [0.15, 0.2) is 0 Å². The molecule has 100 valence electrons. The summed E-state index contributed by atoms with van der Waals surface area (Å²) in [5.74, 6) is -0.605. The number of rotatable bonds is 4. The van der Waals surface area contributed by atoms with E-state index in [0.29, 0.717) is 5.69 Å². The van der Waals surface area contributed by atoms with Crippen molar-refractivity contribution in [1.29, 1.82) is 0 Å². The fraction of sp³-hybridized carbons (Fsp3) is 0.231. The van der Waals surface area contributed by atoms with Crippen LogP contribution in [0, 0.1) is 0 Å². The van der Waals surface area contributed by atoms with E-state index in [1.807, 2.05) is 19.1 Å². The molecule has 0 saturated heterocycles. The van der Waals surface area contributed by atoms with Crippen LogP contribution in [0.2, 0.25) is 0 Å². The summed E-state index contributed by atoms with van der Waals surface area (Å²) in [6.45, 7) is 2.03. The molecular formula is C13H12BrNO4. The van der Waals surface area contributed by atoms with Gasteiger partial charge >= 0.3 is 5.97 Å². The van der Waals surface area contributed by atoms with Gasteiger partial charge < -0.3 is 14.4 Å². The van der Waals surface area contributed by atoms with Crippen molar-refractivity contribution < 1.29 is 19.2 Å². The van der Waals surface area contributed by atoms with Gasteiger partial charge in [-0.15, -0.1) is 0 Å². The summed E-state index contributed by atoms with van der Waals surface area (Å²) in [6, 6.07) is 5.06. The van der Waals surface area contributed by atoms with E-state index in [0.717, 1.165) is 27.8 Å². The Morgan fingerprint density at radius 2 is 2.21 bits per heavy atom. The number of ether oxygens (including phenoxy) is 1. The molecule has 0 radical (unpaired) electrons. The topological polar surface area (TPSA) is 72.6 Å². The molecule has 0 saturated carbocycles. The van der Waals surface area contributed by atoms with E-state index in [9.17, 15) is 4.79 Å². The molecule has 2 rings (SSSR count). The van der Waals surface area contributed by atoms with Gasteiger partial charge in [0.1, 0.15) is 11.4 Å². The molecular weight excluding hydrogens is 314 g/mol. The largest absolute Gasteiger partial charge is 0.496 e. The third-order valence-electron chi connectivity index (χ3n) is 2.74. The second kappa shape index (κ2) is 5.44. The van der Waals surface area contributed by atoms with Crippen LogP contribution in [-0.4, -0.2) is 23.3 Å². The lowest BCUT2D eigenvalue weighted by Gasteiger charge is -2.10. The molecule has 0 atom stereocenters. The number of hydrogen-bond acceptors (Lipinski definition) is 4. The Morgan fingerprint density at radius 1 is 1.47 bits per heavy atom. The maximum atomic E-state index is 10.8. The fourth-order valence-electron chi connectivity index (χ4n) is 1.80. The van der Waals surface area contributed by atoms with Gasteiger partial charge in [0.2, 0.25) is 5.76 Å². The van der Waals surface area contributed by atoms with Gasteiger partial charge in [-0.05, 0) is 18.6 Å². The first kappa shape index (κ1) is 13.6. The number of carboxylic acid groups (broad SMARTS) is 1. The summed E-state index contributed by atoms with van der Waals surface area (Å²) in [5, 5.41) is 12.6. The van der Waals surface area contributed by atoms with Crippen molar-refractivity contribution >= 4 is 21.9 Å². The number of benzene rings is 1. The quantitative estimate of drug-likeness (QED) is 0.932. The molecule has 5 nitrogen and oxygen atoms in total. The Morgan fingerprint density at radius 3 is 2.74 bits per heavy atom. The van der Waals surface area contributed by atoms with Gasteiger partial charge in [-0.25, -0.2) is 4.79 Å².